The Balaban J connectivity index is 1.63. The first-order chi connectivity index (χ1) is 12.5. The molecule has 0 radical (unpaired) electrons. The lowest BCUT2D eigenvalue weighted by atomic mass is 10.1. The minimum Gasteiger partial charge on any atom is -0.481 e. The maximum absolute atomic E-state index is 12.9. The molecular formula is C20H20FN3O2. The summed E-state index contributed by atoms with van der Waals surface area (Å²) < 4.78 is 20.2. The molecule has 2 aromatic carbocycles. The molecule has 0 unspecified atom stereocenters. The second-order valence-electron chi connectivity index (χ2n) is 6.06. The van der Waals surface area contributed by atoms with Gasteiger partial charge in [-0.25, -0.2) is 9.07 Å². The van der Waals surface area contributed by atoms with Crippen LogP contribution in [0.4, 0.5) is 10.2 Å². The van der Waals surface area contributed by atoms with E-state index in [1.54, 1.807) is 23.9 Å². The third-order valence-corrected chi connectivity index (χ3v) is 3.92. The van der Waals surface area contributed by atoms with Crippen molar-refractivity contribution in [3.8, 4) is 5.75 Å². The van der Waals surface area contributed by atoms with Gasteiger partial charge in [0.15, 0.2) is 6.10 Å². The number of aryl methyl sites for hydroxylation is 1. The average Bonchev–Trinajstić information content (AvgIpc) is 3.05. The summed E-state index contributed by atoms with van der Waals surface area (Å²) in [5.41, 5.74) is 2.28. The maximum Gasteiger partial charge on any atom is 0.266 e. The largest absolute Gasteiger partial charge is 0.481 e. The molecule has 134 valence electrons. The fraction of sp³-hybridized carbons (Fsp3) is 0.200. The number of nitrogens with zero attached hydrogens (tertiary/aromatic N) is 2. The summed E-state index contributed by atoms with van der Waals surface area (Å²) in [6, 6.07) is 15.4. The van der Waals surface area contributed by atoms with E-state index in [0.717, 1.165) is 5.56 Å². The number of rotatable bonds is 6. The minimum absolute atomic E-state index is 0.306. The molecule has 5 nitrogen and oxygen atoms in total. The lowest BCUT2D eigenvalue weighted by molar-refractivity contribution is -0.122. The normalized spacial score (nSPS) is 11.8. The number of ether oxygens (including phenoxy) is 1. The molecule has 1 N–H and O–H groups in total. The smallest absolute Gasteiger partial charge is 0.266 e. The summed E-state index contributed by atoms with van der Waals surface area (Å²) in [5.74, 6) is 0.363. The molecule has 0 saturated heterocycles. The fourth-order valence-electron chi connectivity index (χ4n) is 2.43. The van der Waals surface area contributed by atoms with Crippen LogP contribution in [0, 0.1) is 12.7 Å². The van der Waals surface area contributed by atoms with E-state index in [0.29, 0.717) is 18.1 Å². The monoisotopic (exact) mass is 353 g/mol. The standard InChI is InChI=1S/C20H20FN3O2/c1-14-3-5-16(6-4-14)13-24-19(11-12-22-24)23-20(25)15(2)26-18-9-7-17(21)8-10-18/h3-12,15H,13H2,1-2H3,(H,23,25)/t15-/m0/s1. The molecule has 3 aromatic rings. The summed E-state index contributed by atoms with van der Waals surface area (Å²) in [6.45, 7) is 4.22. The molecule has 0 aliphatic heterocycles. The van der Waals surface area contributed by atoms with Crippen LogP contribution in [-0.4, -0.2) is 21.8 Å². The highest BCUT2D eigenvalue weighted by Gasteiger charge is 2.17. The van der Waals surface area contributed by atoms with Gasteiger partial charge in [-0.2, -0.15) is 5.10 Å². The van der Waals surface area contributed by atoms with Gasteiger partial charge >= 0.3 is 0 Å². The predicted octanol–water partition coefficient (Wildman–Crippen LogP) is 3.78. The van der Waals surface area contributed by atoms with Crippen LogP contribution in [-0.2, 0) is 11.3 Å². The lowest BCUT2D eigenvalue weighted by Gasteiger charge is -2.15. The third kappa shape index (κ3) is 4.47. The number of nitrogens with one attached hydrogen (secondary N) is 1. The van der Waals surface area contributed by atoms with Crippen molar-refractivity contribution in [3.05, 3.63) is 77.7 Å². The van der Waals surface area contributed by atoms with E-state index in [9.17, 15) is 9.18 Å². The first-order valence-corrected chi connectivity index (χ1v) is 8.32. The van der Waals surface area contributed by atoms with Crippen LogP contribution in [0.1, 0.15) is 18.1 Å². The molecule has 0 aliphatic carbocycles. The number of anilines is 1. The highest BCUT2D eigenvalue weighted by molar-refractivity contribution is 5.93. The minimum atomic E-state index is -0.733. The Bertz CT molecular complexity index is 873. The molecule has 0 spiro atoms. The number of benzene rings is 2. The van der Waals surface area contributed by atoms with Crippen molar-refractivity contribution < 1.29 is 13.9 Å². The van der Waals surface area contributed by atoms with E-state index in [4.69, 9.17) is 4.74 Å². The molecule has 0 fully saturated rings. The number of aromatic nitrogens is 2. The third-order valence-electron chi connectivity index (χ3n) is 3.92. The number of hydrogen-bond donors (Lipinski definition) is 1. The lowest BCUT2D eigenvalue weighted by Crippen LogP contribution is -2.31. The number of halogens is 1. The van der Waals surface area contributed by atoms with Gasteiger partial charge in [0, 0.05) is 6.07 Å². The molecule has 6 heteroatoms. The Morgan fingerprint density at radius 2 is 1.85 bits per heavy atom. The van der Waals surface area contributed by atoms with Gasteiger partial charge in [-0.05, 0) is 43.7 Å². The van der Waals surface area contributed by atoms with E-state index >= 15 is 0 Å². The second-order valence-corrected chi connectivity index (χ2v) is 6.06. The number of hydrogen-bond acceptors (Lipinski definition) is 3. The first-order valence-electron chi connectivity index (χ1n) is 8.32. The molecule has 26 heavy (non-hydrogen) atoms. The first kappa shape index (κ1) is 17.7. The Labute approximate surface area is 151 Å². The van der Waals surface area contributed by atoms with Gasteiger partial charge in [0.25, 0.3) is 5.91 Å². The van der Waals surface area contributed by atoms with Crippen molar-refractivity contribution in [3.63, 3.8) is 0 Å². The number of carbonyl (C=O) groups is 1. The second kappa shape index (κ2) is 7.82. The molecule has 1 heterocycles. The molecule has 3 rings (SSSR count). The van der Waals surface area contributed by atoms with Crippen LogP contribution in [0.3, 0.4) is 0 Å². The van der Waals surface area contributed by atoms with Gasteiger partial charge < -0.3 is 10.1 Å². The van der Waals surface area contributed by atoms with Crippen LogP contribution < -0.4 is 10.1 Å². The van der Waals surface area contributed by atoms with Gasteiger partial charge in [0.1, 0.15) is 17.4 Å². The Kier molecular flexibility index (Phi) is 5.31. The van der Waals surface area contributed by atoms with Crippen LogP contribution in [0.25, 0.3) is 0 Å². The van der Waals surface area contributed by atoms with Crippen LogP contribution in [0.2, 0.25) is 0 Å². The molecule has 0 bridgehead atoms. The van der Waals surface area contributed by atoms with Crippen molar-refractivity contribution >= 4 is 11.7 Å². The molecule has 0 saturated carbocycles. The van der Waals surface area contributed by atoms with E-state index in [2.05, 4.69) is 10.4 Å². The molecule has 1 aromatic heterocycles. The van der Waals surface area contributed by atoms with E-state index in [-0.39, 0.29) is 11.7 Å². The Hall–Kier alpha value is -3.15. The molecule has 1 atom stereocenters. The van der Waals surface area contributed by atoms with Gasteiger partial charge in [-0.1, -0.05) is 29.8 Å². The summed E-state index contributed by atoms with van der Waals surface area (Å²) in [7, 11) is 0. The SMILES string of the molecule is Cc1ccc(Cn2nccc2NC(=O)[C@H](C)Oc2ccc(F)cc2)cc1. The fourth-order valence-corrected chi connectivity index (χ4v) is 2.43. The maximum atomic E-state index is 12.9. The molecule has 0 aliphatic rings. The highest BCUT2D eigenvalue weighted by Crippen LogP contribution is 2.15. The Morgan fingerprint density at radius 3 is 2.54 bits per heavy atom. The molecule has 1 amide bonds. The highest BCUT2D eigenvalue weighted by atomic mass is 19.1. The van der Waals surface area contributed by atoms with Crippen LogP contribution in [0.15, 0.2) is 60.8 Å². The zero-order valence-corrected chi connectivity index (χ0v) is 14.6. The zero-order chi connectivity index (χ0) is 18.5. The van der Waals surface area contributed by atoms with Crippen molar-refractivity contribution in [2.45, 2.75) is 26.5 Å². The van der Waals surface area contributed by atoms with Crippen molar-refractivity contribution in [2.75, 3.05) is 5.32 Å². The number of carbonyl (C=O) groups excluding carboxylic acids is 1. The van der Waals surface area contributed by atoms with Crippen LogP contribution in [0.5, 0.6) is 5.75 Å². The van der Waals surface area contributed by atoms with E-state index in [1.807, 2.05) is 31.2 Å². The molecular weight excluding hydrogens is 333 g/mol. The summed E-state index contributed by atoms with van der Waals surface area (Å²) >= 11 is 0. The van der Waals surface area contributed by atoms with Gasteiger partial charge in [-0.3, -0.25) is 4.79 Å². The average molecular weight is 353 g/mol. The summed E-state index contributed by atoms with van der Waals surface area (Å²) in [6.07, 6.45) is 0.901. The quantitative estimate of drug-likeness (QED) is 0.734. The van der Waals surface area contributed by atoms with Crippen molar-refractivity contribution in [1.82, 2.24) is 9.78 Å². The van der Waals surface area contributed by atoms with Gasteiger partial charge in [-0.15, -0.1) is 0 Å². The predicted molar refractivity (Wildman–Crippen MR) is 97.6 cm³/mol. The van der Waals surface area contributed by atoms with Gasteiger partial charge in [0.05, 0.1) is 12.7 Å². The number of amides is 1. The van der Waals surface area contributed by atoms with Crippen molar-refractivity contribution in [2.24, 2.45) is 0 Å². The van der Waals surface area contributed by atoms with Crippen molar-refractivity contribution in [1.29, 1.82) is 0 Å². The van der Waals surface area contributed by atoms with Crippen LogP contribution >= 0.6 is 0 Å². The van der Waals surface area contributed by atoms with E-state index < -0.39 is 6.10 Å². The summed E-state index contributed by atoms with van der Waals surface area (Å²) in [4.78, 5) is 12.4. The zero-order valence-electron chi connectivity index (χ0n) is 14.6. The topological polar surface area (TPSA) is 56.2 Å². The van der Waals surface area contributed by atoms with Gasteiger partial charge in [0.2, 0.25) is 0 Å². The Morgan fingerprint density at radius 1 is 1.15 bits per heavy atom. The summed E-state index contributed by atoms with van der Waals surface area (Å²) in [5, 5.41) is 7.08. The van der Waals surface area contributed by atoms with E-state index in [1.165, 1.54) is 29.8 Å².